The molecule has 2 N–H and O–H groups in total. The number of nitrogens with one attached hydrogen (secondary N) is 1. The van der Waals surface area contributed by atoms with Crippen molar-refractivity contribution < 1.29 is 19.3 Å². The smallest absolute Gasteiger partial charge is 0.177 e. The zero-order valence-corrected chi connectivity index (χ0v) is 22.0. The fourth-order valence-corrected chi connectivity index (χ4v) is 9.53. The number of fused-ring (bicyclic) bond motifs is 3. The summed E-state index contributed by atoms with van der Waals surface area (Å²) in [4.78, 5) is 14.0. The molecule has 4 bridgehead atoms. The molecule has 4 atom stereocenters. The lowest BCUT2D eigenvalue weighted by Gasteiger charge is -2.57. The van der Waals surface area contributed by atoms with E-state index in [1.165, 1.54) is 49.7 Å². The van der Waals surface area contributed by atoms with E-state index in [4.69, 9.17) is 19.2 Å². The van der Waals surface area contributed by atoms with E-state index in [0.29, 0.717) is 23.9 Å². The van der Waals surface area contributed by atoms with Crippen LogP contribution in [0.3, 0.4) is 0 Å². The molecule has 0 radical (unpaired) electrons. The van der Waals surface area contributed by atoms with Gasteiger partial charge in [-0.25, -0.2) is 15.0 Å². The normalized spacial score (nSPS) is 39.1. The Bertz CT molecular complexity index is 1380. The zero-order valence-electron chi connectivity index (χ0n) is 22.0. The summed E-state index contributed by atoms with van der Waals surface area (Å²) in [7, 11) is 0. The number of nitrogens with zero attached hydrogens (tertiary/aromatic N) is 4. The van der Waals surface area contributed by atoms with E-state index in [9.17, 15) is 5.11 Å². The molecule has 5 aliphatic carbocycles. The van der Waals surface area contributed by atoms with Gasteiger partial charge in [0.25, 0.3) is 0 Å². The van der Waals surface area contributed by atoms with Crippen molar-refractivity contribution in [2.24, 2.45) is 23.2 Å². The quantitative estimate of drug-likeness (QED) is 0.517. The largest absolute Gasteiger partial charge is 0.394 e. The monoisotopic (exact) mass is 529 g/mol. The van der Waals surface area contributed by atoms with E-state index < -0.39 is 18.1 Å². The van der Waals surface area contributed by atoms with Crippen LogP contribution in [0.15, 0.2) is 36.9 Å². The van der Waals surface area contributed by atoms with Crippen LogP contribution in [0.1, 0.15) is 55.9 Å². The number of aliphatic hydroxyl groups is 1. The molecule has 2 aromatic heterocycles. The minimum Gasteiger partial charge on any atom is -0.394 e. The molecule has 1 aromatic carbocycles. The second-order valence-electron chi connectivity index (χ2n) is 13.3. The molecule has 9 nitrogen and oxygen atoms in total. The number of aromatic nitrogens is 4. The van der Waals surface area contributed by atoms with Crippen molar-refractivity contribution in [1.29, 1.82) is 0 Å². The first-order valence-corrected chi connectivity index (χ1v) is 14.7. The van der Waals surface area contributed by atoms with Gasteiger partial charge in [-0.3, -0.25) is 4.57 Å². The highest BCUT2D eigenvalue weighted by Gasteiger charge is 2.60. The van der Waals surface area contributed by atoms with Crippen LogP contribution in [0.2, 0.25) is 0 Å². The van der Waals surface area contributed by atoms with E-state index in [1.54, 1.807) is 12.7 Å². The summed E-state index contributed by atoms with van der Waals surface area (Å²) in [5.74, 6) is 2.82. The molecule has 2 saturated heterocycles. The van der Waals surface area contributed by atoms with Gasteiger partial charge in [0.2, 0.25) is 0 Å². The number of rotatable bonds is 5. The van der Waals surface area contributed by atoms with Crippen molar-refractivity contribution in [3.8, 4) is 0 Å². The molecule has 9 heteroatoms. The van der Waals surface area contributed by atoms with Crippen molar-refractivity contribution in [3.05, 3.63) is 48.0 Å². The SMILES string of the molecule is OC[C@H]1O[C@@H](n2cnc3c(NCC45CC6CC(CC(C6)C4)C5)ncnc32)[C@H]2OC3(Cc4ccccc4C3)OC12. The fourth-order valence-electron chi connectivity index (χ4n) is 9.53. The summed E-state index contributed by atoms with van der Waals surface area (Å²) in [5, 5.41) is 13.9. The van der Waals surface area contributed by atoms with Crippen LogP contribution in [0.5, 0.6) is 0 Å². The molecule has 39 heavy (non-hydrogen) atoms. The van der Waals surface area contributed by atoms with Crippen LogP contribution in [-0.2, 0) is 27.1 Å². The van der Waals surface area contributed by atoms with Crippen molar-refractivity contribution in [1.82, 2.24) is 19.5 Å². The van der Waals surface area contributed by atoms with Gasteiger partial charge in [-0.05, 0) is 72.8 Å². The third-order valence-corrected chi connectivity index (χ3v) is 10.6. The summed E-state index contributed by atoms with van der Waals surface area (Å²) in [6.45, 7) is 0.816. The Kier molecular flexibility index (Phi) is 4.88. The van der Waals surface area contributed by atoms with Crippen LogP contribution in [0.4, 0.5) is 5.82 Å². The zero-order chi connectivity index (χ0) is 25.8. The Hall–Kier alpha value is -2.59. The Labute approximate surface area is 227 Å². The molecule has 1 unspecified atom stereocenters. The molecule has 204 valence electrons. The number of ether oxygens (including phenoxy) is 3. The molecular formula is C30H35N5O4. The van der Waals surface area contributed by atoms with Crippen molar-refractivity contribution in [3.63, 3.8) is 0 Å². The number of aliphatic hydroxyl groups excluding tert-OH is 1. The standard InChI is InChI=1S/C30H35N5O4/c36-13-22-24-25(39-30(38-24)11-20-3-1-2-4-21(20)12-30)28(37-22)35-16-34-23-26(32-15-33-27(23)35)31-14-29-8-17-5-18(9-29)7-19(6-17)10-29/h1-4,15-19,22,24-25,28,36H,5-14H2,(H,31,32,33)/t17?,18?,19?,22-,24?,25+,28-,29?/m1/s1. The average molecular weight is 530 g/mol. The van der Waals surface area contributed by atoms with Gasteiger partial charge in [0, 0.05) is 19.4 Å². The van der Waals surface area contributed by atoms with Gasteiger partial charge in [0.1, 0.15) is 24.6 Å². The summed E-state index contributed by atoms with van der Waals surface area (Å²) in [6, 6.07) is 8.39. The number of benzene rings is 1. The first kappa shape index (κ1) is 23.1. The Balaban J connectivity index is 0.989. The maximum absolute atomic E-state index is 10.2. The van der Waals surface area contributed by atoms with Gasteiger partial charge in [-0.2, -0.15) is 0 Å². The highest BCUT2D eigenvalue weighted by Crippen LogP contribution is 2.60. The third-order valence-electron chi connectivity index (χ3n) is 10.6. The van der Waals surface area contributed by atoms with E-state index in [0.717, 1.165) is 35.6 Å². The second-order valence-corrected chi connectivity index (χ2v) is 13.3. The van der Waals surface area contributed by atoms with Crippen LogP contribution >= 0.6 is 0 Å². The van der Waals surface area contributed by atoms with Crippen LogP contribution in [0, 0.1) is 23.2 Å². The maximum Gasteiger partial charge on any atom is 0.177 e. The highest BCUT2D eigenvalue weighted by molar-refractivity contribution is 5.82. The van der Waals surface area contributed by atoms with E-state index in [-0.39, 0.29) is 18.8 Å². The molecule has 3 aromatic rings. The van der Waals surface area contributed by atoms with Gasteiger partial charge in [-0.15, -0.1) is 0 Å². The van der Waals surface area contributed by atoms with Crippen LogP contribution < -0.4 is 5.32 Å². The first-order valence-electron chi connectivity index (χ1n) is 14.7. The molecule has 7 aliphatic rings. The lowest BCUT2D eigenvalue weighted by molar-refractivity contribution is -0.213. The summed E-state index contributed by atoms with van der Waals surface area (Å²) >= 11 is 0. The van der Waals surface area contributed by atoms with E-state index >= 15 is 0 Å². The molecule has 10 rings (SSSR count). The molecular weight excluding hydrogens is 494 g/mol. The molecule has 1 spiro atoms. The summed E-state index contributed by atoms with van der Waals surface area (Å²) in [6.07, 6.45) is 11.5. The van der Waals surface area contributed by atoms with Crippen molar-refractivity contribution in [2.75, 3.05) is 18.5 Å². The topological polar surface area (TPSA) is 104 Å². The lowest BCUT2D eigenvalue weighted by atomic mass is 9.49. The minimum atomic E-state index is -0.718. The van der Waals surface area contributed by atoms with Gasteiger partial charge >= 0.3 is 0 Å². The Morgan fingerprint density at radius 2 is 1.62 bits per heavy atom. The molecule has 0 amide bonds. The molecule has 6 fully saturated rings. The fraction of sp³-hybridized carbons (Fsp3) is 0.633. The number of anilines is 1. The van der Waals surface area contributed by atoms with Gasteiger partial charge in [-0.1, -0.05) is 24.3 Å². The third kappa shape index (κ3) is 3.49. The maximum atomic E-state index is 10.2. The van der Waals surface area contributed by atoms with Crippen LogP contribution in [-0.4, -0.2) is 61.9 Å². The molecule has 4 heterocycles. The van der Waals surface area contributed by atoms with E-state index in [1.807, 2.05) is 4.57 Å². The van der Waals surface area contributed by atoms with Gasteiger partial charge in [0.05, 0.1) is 12.9 Å². The van der Waals surface area contributed by atoms with Crippen molar-refractivity contribution >= 4 is 17.0 Å². The first-order chi connectivity index (χ1) is 19.1. The number of imidazole rings is 1. The summed E-state index contributed by atoms with van der Waals surface area (Å²) in [5.41, 5.74) is 4.36. The molecule has 2 aliphatic heterocycles. The Morgan fingerprint density at radius 3 is 2.31 bits per heavy atom. The minimum absolute atomic E-state index is 0.135. The van der Waals surface area contributed by atoms with Crippen LogP contribution in [0.25, 0.3) is 11.2 Å². The predicted molar refractivity (Wildman–Crippen MR) is 142 cm³/mol. The number of hydrogen-bond acceptors (Lipinski definition) is 8. The summed E-state index contributed by atoms with van der Waals surface area (Å²) < 4.78 is 21.5. The Morgan fingerprint density at radius 1 is 0.923 bits per heavy atom. The highest BCUT2D eigenvalue weighted by atomic mass is 16.8. The number of hydrogen-bond donors (Lipinski definition) is 2. The van der Waals surface area contributed by atoms with E-state index in [2.05, 4.69) is 39.6 Å². The van der Waals surface area contributed by atoms with Gasteiger partial charge in [0.15, 0.2) is 29.0 Å². The van der Waals surface area contributed by atoms with Crippen molar-refractivity contribution in [2.45, 2.75) is 81.7 Å². The second kappa shape index (κ2) is 8.22. The molecule has 4 saturated carbocycles. The lowest BCUT2D eigenvalue weighted by Crippen LogP contribution is -2.49. The van der Waals surface area contributed by atoms with Gasteiger partial charge < -0.3 is 24.6 Å². The average Bonchev–Trinajstić information content (AvgIpc) is 3.68. The predicted octanol–water partition coefficient (Wildman–Crippen LogP) is 3.62.